The Morgan fingerprint density at radius 3 is 2.50 bits per heavy atom. The number of rotatable bonds is 6. The van der Waals surface area contributed by atoms with Gasteiger partial charge in [-0.2, -0.15) is 0 Å². The Kier molecular flexibility index (Phi) is 6.43. The van der Waals surface area contributed by atoms with Crippen molar-refractivity contribution in [1.29, 1.82) is 0 Å². The molecule has 0 saturated carbocycles. The number of carbonyl (C=O) groups excluding carboxylic acids is 3. The summed E-state index contributed by atoms with van der Waals surface area (Å²) >= 11 is 0. The van der Waals surface area contributed by atoms with E-state index in [-0.39, 0.29) is 23.6 Å². The summed E-state index contributed by atoms with van der Waals surface area (Å²) in [5, 5.41) is 4.11. The van der Waals surface area contributed by atoms with E-state index in [4.69, 9.17) is 0 Å². The Balaban J connectivity index is 1.49. The summed E-state index contributed by atoms with van der Waals surface area (Å²) in [5.74, 6) is -1.56. The summed E-state index contributed by atoms with van der Waals surface area (Å²) in [6.45, 7) is 1.78. The molecule has 3 unspecified atom stereocenters. The van der Waals surface area contributed by atoms with Crippen LogP contribution >= 0.6 is 0 Å². The Labute approximate surface area is 198 Å². The predicted molar refractivity (Wildman–Crippen MR) is 128 cm³/mol. The maximum Gasteiger partial charge on any atom is 0.251 e. The van der Waals surface area contributed by atoms with Gasteiger partial charge in [-0.15, -0.1) is 0 Å². The molecule has 0 spiro atoms. The van der Waals surface area contributed by atoms with E-state index in [9.17, 15) is 22.8 Å². The van der Waals surface area contributed by atoms with Gasteiger partial charge in [0.05, 0.1) is 29.8 Å². The van der Waals surface area contributed by atoms with Gasteiger partial charge in [0.15, 0.2) is 0 Å². The number of hydrazine groups is 1. The van der Waals surface area contributed by atoms with Crippen molar-refractivity contribution in [2.24, 2.45) is 11.8 Å². The average molecular weight is 483 g/mol. The SMILES string of the molecule is CC(NC(=O)c1cccc(N2NC(=O)C3CC=CCC3C2=O)c1)c1cccc(NS(C)(=O)=O)c1. The summed E-state index contributed by atoms with van der Waals surface area (Å²) in [5.41, 5.74) is 4.51. The minimum absolute atomic E-state index is 0.199. The van der Waals surface area contributed by atoms with E-state index in [0.717, 1.165) is 6.26 Å². The van der Waals surface area contributed by atoms with Gasteiger partial charge < -0.3 is 5.32 Å². The number of amides is 3. The lowest BCUT2D eigenvalue weighted by Crippen LogP contribution is -2.59. The highest BCUT2D eigenvalue weighted by Crippen LogP contribution is 2.32. The summed E-state index contributed by atoms with van der Waals surface area (Å²) in [6.07, 6.45) is 5.96. The highest BCUT2D eigenvalue weighted by molar-refractivity contribution is 7.92. The molecule has 1 fully saturated rings. The van der Waals surface area contributed by atoms with Crippen LogP contribution < -0.4 is 20.5 Å². The van der Waals surface area contributed by atoms with Crippen LogP contribution in [0.4, 0.5) is 11.4 Å². The van der Waals surface area contributed by atoms with Crippen LogP contribution in [0.15, 0.2) is 60.7 Å². The molecule has 178 valence electrons. The van der Waals surface area contributed by atoms with Crippen LogP contribution in [0.5, 0.6) is 0 Å². The summed E-state index contributed by atoms with van der Waals surface area (Å²) in [6, 6.07) is 12.8. The number of nitrogens with zero attached hydrogens (tertiary/aromatic N) is 1. The van der Waals surface area contributed by atoms with Crippen LogP contribution in [0.3, 0.4) is 0 Å². The number of hydrogen-bond donors (Lipinski definition) is 3. The molecule has 1 saturated heterocycles. The second kappa shape index (κ2) is 9.30. The predicted octanol–water partition coefficient (Wildman–Crippen LogP) is 2.51. The fourth-order valence-electron chi connectivity index (χ4n) is 4.22. The molecule has 10 heteroatoms. The van der Waals surface area contributed by atoms with Crippen LogP contribution in [-0.2, 0) is 19.6 Å². The minimum Gasteiger partial charge on any atom is -0.346 e. The van der Waals surface area contributed by atoms with Gasteiger partial charge in [-0.25, -0.2) is 13.4 Å². The number of allylic oxidation sites excluding steroid dienone is 2. The maximum atomic E-state index is 13.0. The summed E-state index contributed by atoms with van der Waals surface area (Å²) in [4.78, 5) is 38.5. The molecule has 34 heavy (non-hydrogen) atoms. The molecular formula is C24H26N4O5S. The molecule has 0 aromatic heterocycles. The quantitative estimate of drug-likeness (QED) is 0.546. The number of anilines is 2. The molecule has 0 bridgehead atoms. The van der Waals surface area contributed by atoms with E-state index in [1.165, 1.54) is 5.01 Å². The number of sulfonamides is 1. The number of hydrogen-bond acceptors (Lipinski definition) is 5. The third-order valence-electron chi connectivity index (χ3n) is 5.93. The van der Waals surface area contributed by atoms with Crippen LogP contribution in [0.2, 0.25) is 0 Å². The third-order valence-corrected chi connectivity index (χ3v) is 6.54. The molecule has 9 nitrogen and oxygen atoms in total. The second-order valence-electron chi connectivity index (χ2n) is 8.55. The zero-order valence-electron chi connectivity index (χ0n) is 18.8. The van der Waals surface area contributed by atoms with Gasteiger partial charge in [0.1, 0.15) is 0 Å². The minimum atomic E-state index is -3.42. The van der Waals surface area contributed by atoms with E-state index in [2.05, 4.69) is 15.5 Å². The van der Waals surface area contributed by atoms with Gasteiger partial charge in [0.25, 0.3) is 5.91 Å². The van der Waals surface area contributed by atoms with Crippen molar-refractivity contribution in [2.45, 2.75) is 25.8 Å². The number of nitrogens with one attached hydrogen (secondary N) is 3. The smallest absolute Gasteiger partial charge is 0.251 e. The summed E-state index contributed by atoms with van der Waals surface area (Å²) < 4.78 is 25.4. The van der Waals surface area contributed by atoms with Gasteiger partial charge in [0, 0.05) is 11.3 Å². The first-order valence-electron chi connectivity index (χ1n) is 10.9. The van der Waals surface area contributed by atoms with Crippen molar-refractivity contribution in [3.8, 4) is 0 Å². The maximum absolute atomic E-state index is 13.0. The highest BCUT2D eigenvalue weighted by atomic mass is 32.2. The van der Waals surface area contributed by atoms with Gasteiger partial charge in [0.2, 0.25) is 21.8 Å². The lowest BCUT2D eigenvalue weighted by atomic mass is 9.80. The van der Waals surface area contributed by atoms with Gasteiger partial charge in [-0.05, 0) is 55.7 Å². The van der Waals surface area contributed by atoms with Crippen molar-refractivity contribution < 1.29 is 22.8 Å². The fourth-order valence-corrected chi connectivity index (χ4v) is 4.77. The van der Waals surface area contributed by atoms with Gasteiger partial charge in [-0.1, -0.05) is 30.4 Å². The number of carbonyl (C=O) groups is 3. The van der Waals surface area contributed by atoms with E-state index < -0.39 is 22.0 Å². The molecule has 2 aliphatic rings. The van der Waals surface area contributed by atoms with Crippen molar-refractivity contribution in [3.05, 3.63) is 71.8 Å². The van der Waals surface area contributed by atoms with Crippen molar-refractivity contribution >= 4 is 39.1 Å². The number of fused-ring (bicyclic) bond motifs is 1. The van der Waals surface area contributed by atoms with E-state index >= 15 is 0 Å². The van der Waals surface area contributed by atoms with Gasteiger partial charge in [-0.3, -0.25) is 24.5 Å². The molecule has 1 heterocycles. The van der Waals surface area contributed by atoms with Crippen LogP contribution in [-0.4, -0.2) is 32.4 Å². The lowest BCUT2D eigenvalue weighted by Gasteiger charge is -2.38. The molecule has 3 atom stereocenters. The highest BCUT2D eigenvalue weighted by Gasteiger charge is 2.42. The Bertz CT molecular complexity index is 1270. The fraction of sp³-hybridized carbons (Fsp3) is 0.292. The molecule has 3 N–H and O–H groups in total. The van der Waals surface area contributed by atoms with E-state index in [1.54, 1.807) is 55.5 Å². The molecular weight excluding hydrogens is 456 g/mol. The Morgan fingerprint density at radius 2 is 1.76 bits per heavy atom. The van der Waals surface area contributed by atoms with Crippen molar-refractivity contribution in [3.63, 3.8) is 0 Å². The molecule has 1 aliphatic carbocycles. The zero-order chi connectivity index (χ0) is 24.5. The summed E-state index contributed by atoms with van der Waals surface area (Å²) in [7, 11) is -3.42. The molecule has 3 amide bonds. The largest absolute Gasteiger partial charge is 0.346 e. The third kappa shape index (κ3) is 5.12. The average Bonchev–Trinajstić information content (AvgIpc) is 2.80. The first-order chi connectivity index (χ1) is 16.1. The first kappa shape index (κ1) is 23.5. The molecule has 0 radical (unpaired) electrons. The Morgan fingerprint density at radius 1 is 1.06 bits per heavy atom. The topological polar surface area (TPSA) is 125 Å². The zero-order valence-corrected chi connectivity index (χ0v) is 19.6. The molecule has 4 rings (SSSR count). The van der Waals surface area contributed by atoms with Crippen molar-refractivity contribution in [2.75, 3.05) is 16.0 Å². The standard InChI is InChI=1S/C24H26N4O5S/c1-15(16-7-5-9-18(13-16)27-34(2,32)33)25-22(29)17-8-6-10-19(14-17)28-24(31)21-12-4-3-11-20(21)23(30)26-28/h3-10,13-15,20-21,27H,11-12H2,1-2H3,(H,25,29)(H,26,30). The van der Waals surface area contributed by atoms with Crippen LogP contribution in [0, 0.1) is 11.8 Å². The van der Waals surface area contributed by atoms with E-state index in [1.807, 2.05) is 12.2 Å². The molecule has 1 aliphatic heterocycles. The molecule has 2 aromatic rings. The Hall–Kier alpha value is -3.66. The second-order valence-corrected chi connectivity index (χ2v) is 10.3. The van der Waals surface area contributed by atoms with E-state index in [0.29, 0.717) is 35.3 Å². The monoisotopic (exact) mass is 482 g/mol. The molecule has 2 aromatic carbocycles. The first-order valence-corrected chi connectivity index (χ1v) is 12.8. The van der Waals surface area contributed by atoms with Crippen molar-refractivity contribution in [1.82, 2.24) is 10.7 Å². The van der Waals surface area contributed by atoms with Crippen LogP contribution in [0.1, 0.15) is 41.7 Å². The lowest BCUT2D eigenvalue weighted by molar-refractivity contribution is -0.139. The number of benzene rings is 2. The normalized spacial score (nSPS) is 20.8. The van der Waals surface area contributed by atoms with Gasteiger partial charge >= 0.3 is 0 Å². The van der Waals surface area contributed by atoms with Crippen LogP contribution in [0.25, 0.3) is 0 Å².